The number of aromatic nitrogens is 5. The van der Waals surface area contributed by atoms with Gasteiger partial charge in [0.2, 0.25) is 16.9 Å². The van der Waals surface area contributed by atoms with Gasteiger partial charge < -0.3 is 4.42 Å². The Labute approximate surface area is 142 Å². The standard InChI is InChI=1S/C17H13N5OS/c1-3-7-13(8-4-1)16-20-19-15(23-16)11-24-17-18-12-22(21-17)14-9-5-2-6-10-14/h1-10,12H,11H2. The first-order valence-corrected chi connectivity index (χ1v) is 8.35. The zero-order chi connectivity index (χ0) is 16.2. The van der Waals surface area contributed by atoms with Gasteiger partial charge in [0.05, 0.1) is 11.4 Å². The summed E-state index contributed by atoms with van der Waals surface area (Å²) in [7, 11) is 0. The normalized spacial score (nSPS) is 10.8. The first kappa shape index (κ1) is 14.6. The molecule has 0 saturated carbocycles. The lowest BCUT2D eigenvalue weighted by molar-refractivity contribution is 0.528. The number of benzene rings is 2. The molecule has 0 bridgehead atoms. The van der Waals surface area contributed by atoms with Crippen molar-refractivity contribution in [2.24, 2.45) is 0 Å². The lowest BCUT2D eigenvalue weighted by Crippen LogP contribution is -1.93. The number of hydrogen-bond acceptors (Lipinski definition) is 6. The highest BCUT2D eigenvalue weighted by Gasteiger charge is 2.10. The smallest absolute Gasteiger partial charge is 0.247 e. The van der Waals surface area contributed by atoms with Crippen molar-refractivity contribution in [3.8, 4) is 17.1 Å². The van der Waals surface area contributed by atoms with Gasteiger partial charge in [-0.05, 0) is 24.3 Å². The maximum Gasteiger partial charge on any atom is 0.247 e. The van der Waals surface area contributed by atoms with Gasteiger partial charge in [-0.1, -0.05) is 48.2 Å². The molecule has 118 valence electrons. The van der Waals surface area contributed by atoms with E-state index < -0.39 is 0 Å². The summed E-state index contributed by atoms with van der Waals surface area (Å²) < 4.78 is 7.42. The van der Waals surface area contributed by atoms with Crippen LogP contribution in [0.2, 0.25) is 0 Å². The summed E-state index contributed by atoms with van der Waals surface area (Å²) in [5.74, 6) is 1.60. The van der Waals surface area contributed by atoms with Crippen LogP contribution in [0.1, 0.15) is 5.89 Å². The molecule has 0 N–H and O–H groups in total. The molecule has 2 aromatic carbocycles. The van der Waals surface area contributed by atoms with Crippen molar-refractivity contribution in [3.05, 3.63) is 72.9 Å². The maximum atomic E-state index is 5.68. The van der Waals surface area contributed by atoms with Gasteiger partial charge in [0.1, 0.15) is 6.33 Å². The van der Waals surface area contributed by atoms with Crippen molar-refractivity contribution in [1.82, 2.24) is 25.0 Å². The van der Waals surface area contributed by atoms with Gasteiger partial charge in [0.25, 0.3) is 0 Å². The fraction of sp³-hybridized carbons (Fsp3) is 0.0588. The third-order valence-electron chi connectivity index (χ3n) is 3.30. The van der Waals surface area contributed by atoms with Crippen LogP contribution in [0.15, 0.2) is 76.6 Å². The summed E-state index contributed by atoms with van der Waals surface area (Å²) in [5, 5.41) is 13.3. The first-order chi connectivity index (χ1) is 11.9. The van der Waals surface area contributed by atoms with E-state index in [0.29, 0.717) is 22.7 Å². The van der Waals surface area contributed by atoms with Gasteiger partial charge in [0.15, 0.2) is 0 Å². The summed E-state index contributed by atoms with van der Waals surface area (Å²) in [5.41, 5.74) is 1.88. The van der Waals surface area contributed by atoms with Crippen molar-refractivity contribution in [1.29, 1.82) is 0 Å². The molecule has 0 spiro atoms. The highest BCUT2D eigenvalue weighted by atomic mass is 32.2. The third kappa shape index (κ3) is 3.21. The fourth-order valence-corrected chi connectivity index (χ4v) is 2.79. The Morgan fingerprint density at radius 2 is 1.67 bits per heavy atom. The van der Waals surface area contributed by atoms with E-state index in [4.69, 9.17) is 4.42 Å². The second kappa shape index (κ2) is 6.67. The highest BCUT2D eigenvalue weighted by Crippen LogP contribution is 2.22. The molecular weight excluding hydrogens is 322 g/mol. The molecule has 0 atom stereocenters. The molecule has 6 nitrogen and oxygen atoms in total. The first-order valence-electron chi connectivity index (χ1n) is 7.36. The third-order valence-corrected chi connectivity index (χ3v) is 4.14. The number of nitrogens with zero attached hydrogens (tertiary/aromatic N) is 5. The van der Waals surface area contributed by atoms with Crippen molar-refractivity contribution >= 4 is 11.8 Å². The van der Waals surface area contributed by atoms with E-state index in [0.717, 1.165) is 11.3 Å². The second-order valence-electron chi connectivity index (χ2n) is 4.96. The van der Waals surface area contributed by atoms with Crippen LogP contribution in [0.25, 0.3) is 17.1 Å². The molecule has 0 fully saturated rings. The van der Waals surface area contributed by atoms with Crippen molar-refractivity contribution in [3.63, 3.8) is 0 Å². The van der Waals surface area contributed by atoms with Crippen LogP contribution in [0.3, 0.4) is 0 Å². The Kier molecular flexibility index (Phi) is 4.07. The molecule has 2 heterocycles. The van der Waals surface area contributed by atoms with E-state index in [2.05, 4.69) is 20.3 Å². The van der Waals surface area contributed by atoms with Crippen molar-refractivity contribution < 1.29 is 4.42 Å². The van der Waals surface area contributed by atoms with Gasteiger partial charge in [-0.25, -0.2) is 9.67 Å². The highest BCUT2D eigenvalue weighted by molar-refractivity contribution is 7.98. The van der Waals surface area contributed by atoms with E-state index in [9.17, 15) is 0 Å². The Morgan fingerprint density at radius 1 is 0.917 bits per heavy atom. The van der Waals surface area contributed by atoms with Crippen LogP contribution >= 0.6 is 11.8 Å². The van der Waals surface area contributed by atoms with Gasteiger partial charge >= 0.3 is 0 Å². The largest absolute Gasteiger partial charge is 0.420 e. The molecule has 0 unspecified atom stereocenters. The summed E-state index contributed by atoms with van der Waals surface area (Å²) in [6, 6.07) is 19.6. The van der Waals surface area contributed by atoms with Crippen LogP contribution in [-0.2, 0) is 5.75 Å². The van der Waals surface area contributed by atoms with Crippen LogP contribution in [0.4, 0.5) is 0 Å². The molecule has 7 heteroatoms. The molecule has 0 aliphatic heterocycles. The summed E-state index contributed by atoms with van der Waals surface area (Å²) >= 11 is 1.46. The Balaban J connectivity index is 1.43. The van der Waals surface area contributed by atoms with E-state index in [-0.39, 0.29) is 0 Å². The van der Waals surface area contributed by atoms with E-state index in [1.807, 2.05) is 60.7 Å². The minimum atomic E-state index is 0.522. The predicted molar refractivity (Wildman–Crippen MR) is 90.7 cm³/mol. The quantitative estimate of drug-likeness (QED) is 0.519. The molecule has 0 aliphatic carbocycles. The maximum absolute atomic E-state index is 5.68. The average molecular weight is 335 g/mol. The Hall–Kier alpha value is -2.93. The van der Waals surface area contributed by atoms with E-state index >= 15 is 0 Å². The van der Waals surface area contributed by atoms with Crippen molar-refractivity contribution in [2.75, 3.05) is 0 Å². The molecule has 0 saturated heterocycles. The Bertz CT molecular complexity index is 843. The van der Waals surface area contributed by atoms with Gasteiger partial charge in [-0.15, -0.1) is 15.3 Å². The van der Waals surface area contributed by atoms with Crippen molar-refractivity contribution in [2.45, 2.75) is 10.9 Å². The second-order valence-corrected chi connectivity index (χ2v) is 5.91. The summed E-state index contributed by atoms with van der Waals surface area (Å²) in [6.45, 7) is 0. The van der Waals surface area contributed by atoms with E-state index in [1.165, 1.54) is 11.8 Å². The number of rotatable bonds is 5. The zero-order valence-electron chi connectivity index (χ0n) is 12.6. The molecule has 2 aromatic heterocycles. The molecule has 0 aliphatic rings. The molecule has 4 aromatic rings. The van der Waals surface area contributed by atoms with Crippen LogP contribution in [-0.4, -0.2) is 25.0 Å². The molecule has 0 amide bonds. The summed E-state index contributed by atoms with van der Waals surface area (Å²) in [6.07, 6.45) is 1.70. The zero-order valence-corrected chi connectivity index (χ0v) is 13.4. The van der Waals surface area contributed by atoms with Crippen LogP contribution in [0.5, 0.6) is 0 Å². The number of hydrogen-bond donors (Lipinski definition) is 0. The minimum absolute atomic E-state index is 0.522. The average Bonchev–Trinajstić information content (AvgIpc) is 3.31. The lowest BCUT2D eigenvalue weighted by Gasteiger charge is -1.97. The monoisotopic (exact) mass is 335 g/mol. The van der Waals surface area contributed by atoms with Crippen LogP contribution < -0.4 is 0 Å². The Morgan fingerprint density at radius 3 is 2.46 bits per heavy atom. The molecular formula is C17H13N5OS. The molecule has 0 radical (unpaired) electrons. The SMILES string of the molecule is c1ccc(-c2nnc(CSc3ncn(-c4ccccc4)n3)o2)cc1. The minimum Gasteiger partial charge on any atom is -0.420 e. The van der Waals surface area contributed by atoms with Gasteiger partial charge in [-0.3, -0.25) is 0 Å². The number of thioether (sulfide) groups is 1. The summed E-state index contributed by atoms with van der Waals surface area (Å²) in [4.78, 5) is 4.30. The van der Waals surface area contributed by atoms with Gasteiger partial charge in [-0.2, -0.15) is 0 Å². The molecule has 24 heavy (non-hydrogen) atoms. The molecule has 4 rings (SSSR count). The van der Waals surface area contributed by atoms with Crippen LogP contribution in [0, 0.1) is 0 Å². The lowest BCUT2D eigenvalue weighted by atomic mass is 10.2. The van der Waals surface area contributed by atoms with Gasteiger partial charge in [0, 0.05) is 5.56 Å². The fourth-order valence-electron chi connectivity index (χ4n) is 2.15. The predicted octanol–water partition coefficient (Wildman–Crippen LogP) is 3.61. The topological polar surface area (TPSA) is 69.6 Å². The van der Waals surface area contributed by atoms with E-state index in [1.54, 1.807) is 11.0 Å². The number of para-hydroxylation sites is 1.